The van der Waals surface area contributed by atoms with Gasteiger partial charge in [-0.3, -0.25) is 0 Å². The number of hydrogen-bond acceptors (Lipinski definition) is 0. The normalized spacial score (nSPS) is 14.1. The van der Waals surface area contributed by atoms with Crippen molar-refractivity contribution in [2.45, 2.75) is 5.41 Å². The summed E-state index contributed by atoms with van der Waals surface area (Å²) in [6.07, 6.45) is 0. The maximum absolute atomic E-state index is 3.27. The van der Waals surface area contributed by atoms with Crippen LogP contribution in [0.5, 0.6) is 0 Å². The van der Waals surface area contributed by atoms with Gasteiger partial charge in [0.05, 0.1) is 5.41 Å². The Morgan fingerprint density at radius 3 is 1.65 bits per heavy atom. The number of hydrogen-bond donors (Lipinski definition) is 0. The Hall–Kier alpha value is -3.90. The van der Waals surface area contributed by atoms with Crippen LogP contribution in [0.4, 0.5) is 0 Å². The van der Waals surface area contributed by atoms with Gasteiger partial charge in [0.25, 0.3) is 0 Å². The summed E-state index contributed by atoms with van der Waals surface area (Å²) in [5.74, 6) is 0. The minimum atomic E-state index is -0.270. The molecule has 0 fully saturated rings. The number of benzene rings is 5. The van der Waals surface area contributed by atoms with Gasteiger partial charge in [0.1, 0.15) is 0 Å². The molecule has 0 N–H and O–H groups in total. The second kappa shape index (κ2) is 6.06. The molecule has 2 aliphatic rings. The Labute approximate surface area is 182 Å². The first-order valence-corrected chi connectivity index (χ1v) is 10.8. The van der Waals surface area contributed by atoms with E-state index in [4.69, 9.17) is 0 Å². The second-order valence-electron chi connectivity index (χ2n) is 8.41. The van der Waals surface area contributed by atoms with E-state index < -0.39 is 0 Å². The average molecular weight is 391 g/mol. The summed E-state index contributed by atoms with van der Waals surface area (Å²) in [6.45, 7) is 0. The molecule has 0 unspecified atom stereocenters. The fraction of sp³-hybridized carbons (Fsp3) is 0.0323. The highest BCUT2D eigenvalue weighted by Gasteiger charge is 2.51. The lowest BCUT2D eigenvalue weighted by Gasteiger charge is -2.30. The van der Waals surface area contributed by atoms with E-state index in [2.05, 4.69) is 115 Å². The minimum Gasteiger partial charge on any atom is -0.0619 e. The van der Waals surface area contributed by atoms with Crippen LogP contribution in [0.25, 0.3) is 33.4 Å². The fourth-order valence-corrected chi connectivity index (χ4v) is 5.95. The van der Waals surface area contributed by atoms with Gasteiger partial charge in [0.2, 0.25) is 0 Å². The molecule has 0 heteroatoms. The van der Waals surface area contributed by atoms with Crippen molar-refractivity contribution in [2.24, 2.45) is 0 Å². The van der Waals surface area contributed by atoms with Crippen LogP contribution in [0, 0.1) is 6.07 Å². The molecule has 0 aromatic heterocycles. The molecular weight excluding hydrogens is 372 g/mol. The first kappa shape index (κ1) is 16.8. The summed E-state index contributed by atoms with van der Waals surface area (Å²) >= 11 is 0. The molecule has 0 heterocycles. The molecule has 1 spiro atoms. The fourth-order valence-electron chi connectivity index (χ4n) is 5.95. The largest absolute Gasteiger partial charge is 0.0725 e. The van der Waals surface area contributed by atoms with Crippen molar-refractivity contribution in [1.29, 1.82) is 0 Å². The Morgan fingerprint density at radius 2 is 1.00 bits per heavy atom. The van der Waals surface area contributed by atoms with Crippen molar-refractivity contribution in [2.75, 3.05) is 0 Å². The molecule has 0 atom stereocenters. The van der Waals surface area contributed by atoms with Crippen molar-refractivity contribution < 1.29 is 0 Å². The highest BCUT2D eigenvalue weighted by atomic mass is 14.5. The SMILES string of the molecule is [c]1cccc(-c2cccc3c2-c2ccccc2C32c3ccccc3-c3ccccc32)c1. The smallest absolute Gasteiger partial charge is 0.0619 e. The van der Waals surface area contributed by atoms with Crippen LogP contribution in [-0.2, 0) is 5.41 Å². The Balaban J connectivity index is 1.69. The highest BCUT2D eigenvalue weighted by molar-refractivity contribution is 5.99. The highest BCUT2D eigenvalue weighted by Crippen LogP contribution is 2.63. The molecule has 5 aromatic carbocycles. The van der Waals surface area contributed by atoms with Gasteiger partial charge in [0, 0.05) is 0 Å². The molecule has 5 aromatic rings. The summed E-state index contributed by atoms with van der Waals surface area (Å²) in [6, 6.07) is 45.3. The number of fused-ring (bicyclic) bond motifs is 10. The molecule has 1 radical (unpaired) electrons. The van der Waals surface area contributed by atoms with Crippen LogP contribution >= 0.6 is 0 Å². The van der Waals surface area contributed by atoms with Gasteiger partial charge >= 0.3 is 0 Å². The van der Waals surface area contributed by atoms with Crippen LogP contribution in [-0.4, -0.2) is 0 Å². The molecule has 7 rings (SSSR count). The van der Waals surface area contributed by atoms with Crippen molar-refractivity contribution in [3.63, 3.8) is 0 Å². The summed E-state index contributed by atoms with van der Waals surface area (Å²) in [5, 5.41) is 0. The molecule has 31 heavy (non-hydrogen) atoms. The topological polar surface area (TPSA) is 0 Å². The van der Waals surface area contributed by atoms with Gasteiger partial charge in [-0.25, -0.2) is 0 Å². The second-order valence-corrected chi connectivity index (χ2v) is 8.41. The van der Waals surface area contributed by atoms with Gasteiger partial charge in [-0.15, -0.1) is 0 Å². The maximum Gasteiger partial charge on any atom is 0.0725 e. The summed E-state index contributed by atoms with van der Waals surface area (Å²) in [7, 11) is 0. The average Bonchev–Trinajstić information content (AvgIpc) is 3.32. The lowest BCUT2D eigenvalue weighted by Crippen LogP contribution is -2.25. The van der Waals surface area contributed by atoms with Gasteiger partial charge < -0.3 is 0 Å². The molecule has 143 valence electrons. The molecule has 0 saturated carbocycles. The third-order valence-corrected chi connectivity index (χ3v) is 7.04. The van der Waals surface area contributed by atoms with E-state index in [0.29, 0.717) is 0 Å². The Kier molecular flexibility index (Phi) is 3.29. The molecular formula is C31H19. The minimum absolute atomic E-state index is 0.270. The predicted molar refractivity (Wildman–Crippen MR) is 127 cm³/mol. The van der Waals surface area contributed by atoms with E-state index in [1.807, 2.05) is 6.07 Å². The van der Waals surface area contributed by atoms with E-state index in [9.17, 15) is 0 Å². The monoisotopic (exact) mass is 391 g/mol. The zero-order valence-corrected chi connectivity index (χ0v) is 17.0. The number of rotatable bonds is 1. The van der Waals surface area contributed by atoms with Crippen molar-refractivity contribution >= 4 is 0 Å². The first-order chi connectivity index (χ1) is 15.4. The van der Waals surface area contributed by atoms with E-state index in [-0.39, 0.29) is 5.41 Å². The van der Waals surface area contributed by atoms with E-state index in [1.54, 1.807) is 0 Å². The quantitative estimate of drug-likeness (QED) is 0.272. The van der Waals surface area contributed by atoms with Crippen LogP contribution < -0.4 is 0 Å². The molecule has 0 amide bonds. The third-order valence-electron chi connectivity index (χ3n) is 7.04. The molecule has 2 aliphatic carbocycles. The van der Waals surface area contributed by atoms with Crippen LogP contribution in [0.2, 0.25) is 0 Å². The van der Waals surface area contributed by atoms with Gasteiger partial charge in [0.15, 0.2) is 0 Å². The Bertz CT molecular complexity index is 1430. The van der Waals surface area contributed by atoms with Gasteiger partial charge in [-0.2, -0.15) is 0 Å². The molecule has 0 aliphatic heterocycles. The van der Waals surface area contributed by atoms with E-state index >= 15 is 0 Å². The zero-order valence-electron chi connectivity index (χ0n) is 17.0. The Morgan fingerprint density at radius 1 is 0.452 bits per heavy atom. The van der Waals surface area contributed by atoms with E-state index in [1.165, 1.54) is 55.6 Å². The standard InChI is InChI=1S/C31H19/c1-2-11-21(12-3-1)22-16-10-20-29-30(22)25-15-6-9-19-28(25)31(29)26-17-7-4-13-23(26)24-14-5-8-18-27(24)31/h1-2,4-20H. The maximum atomic E-state index is 3.27. The van der Waals surface area contributed by atoms with Crippen LogP contribution in [0.3, 0.4) is 0 Å². The predicted octanol–water partition coefficient (Wildman–Crippen LogP) is 7.50. The molecule has 0 nitrogen and oxygen atoms in total. The van der Waals surface area contributed by atoms with Crippen molar-refractivity contribution in [3.8, 4) is 33.4 Å². The van der Waals surface area contributed by atoms with Gasteiger partial charge in [-0.05, 0) is 67.8 Å². The third kappa shape index (κ3) is 2.00. The summed E-state index contributed by atoms with van der Waals surface area (Å²) < 4.78 is 0. The molecule has 0 bridgehead atoms. The molecule has 0 saturated heterocycles. The van der Waals surface area contributed by atoms with Crippen LogP contribution in [0.1, 0.15) is 22.3 Å². The summed E-state index contributed by atoms with van der Waals surface area (Å²) in [5.41, 5.74) is 13.1. The first-order valence-electron chi connectivity index (χ1n) is 10.8. The summed E-state index contributed by atoms with van der Waals surface area (Å²) in [4.78, 5) is 0. The van der Waals surface area contributed by atoms with Gasteiger partial charge in [-0.1, -0.05) is 109 Å². The zero-order chi connectivity index (χ0) is 20.4. The van der Waals surface area contributed by atoms with Crippen molar-refractivity contribution in [3.05, 3.63) is 144 Å². The lowest BCUT2D eigenvalue weighted by atomic mass is 9.70. The van der Waals surface area contributed by atoms with Crippen LogP contribution in [0.15, 0.2) is 115 Å². The van der Waals surface area contributed by atoms with Crippen molar-refractivity contribution in [1.82, 2.24) is 0 Å². The lowest BCUT2D eigenvalue weighted by molar-refractivity contribution is 0.794. The van der Waals surface area contributed by atoms with E-state index in [0.717, 1.165) is 0 Å².